The number of hydrogen-bond donors (Lipinski definition) is 0. The summed E-state index contributed by atoms with van der Waals surface area (Å²) in [5, 5.41) is 0. The van der Waals surface area contributed by atoms with Crippen molar-refractivity contribution in [1.82, 2.24) is 0 Å². The molecule has 1 heterocycles. The van der Waals surface area contributed by atoms with Crippen LogP contribution in [0.1, 0.15) is 12.0 Å². The molecule has 0 bridgehead atoms. The van der Waals surface area contributed by atoms with Crippen molar-refractivity contribution in [3.8, 4) is 0 Å². The van der Waals surface area contributed by atoms with Crippen molar-refractivity contribution in [1.29, 1.82) is 0 Å². The Morgan fingerprint density at radius 3 is 2.47 bits per heavy atom. The second-order valence-corrected chi connectivity index (χ2v) is 3.59. The first kappa shape index (κ1) is 10.3. The number of halogens is 2. The number of epoxide rings is 1. The lowest BCUT2D eigenvalue weighted by Crippen LogP contribution is -1.97. The molecule has 0 spiro atoms. The van der Waals surface area contributed by atoms with Crippen molar-refractivity contribution in [3.05, 3.63) is 47.5 Å². The Labute approximate surface area is 87.4 Å². The normalized spacial score (nSPS) is 18.7. The first-order valence-electron chi connectivity index (χ1n) is 4.97. The summed E-state index contributed by atoms with van der Waals surface area (Å²) in [4.78, 5) is 0. The molecule has 1 aliphatic heterocycles. The van der Waals surface area contributed by atoms with Crippen LogP contribution in [-0.2, 0) is 11.2 Å². The molecule has 0 aromatic heterocycles. The van der Waals surface area contributed by atoms with Gasteiger partial charge in [-0.2, -0.15) is 8.78 Å². The van der Waals surface area contributed by atoms with Crippen LogP contribution in [0.15, 0.2) is 42.0 Å². The van der Waals surface area contributed by atoms with Gasteiger partial charge in [0, 0.05) is 5.57 Å². The van der Waals surface area contributed by atoms with Crippen molar-refractivity contribution < 1.29 is 13.5 Å². The second-order valence-electron chi connectivity index (χ2n) is 3.59. The number of ether oxygens (including phenoxy) is 1. The summed E-state index contributed by atoms with van der Waals surface area (Å²) in [7, 11) is 0. The lowest BCUT2D eigenvalue weighted by molar-refractivity contribution is 0.375. The first-order chi connectivity index (χ1) is 7.27. The Balaban J connectivity index is 1.95. The van der Waals surface area contributed by atoms with Crippen LogP contribution in [0.3, 0.4) is 0 Å². The van der Waals surface area contributed by atoms with Crippen LogP contribution in [-0.4, -0.2) is 12.7 Å². The topological polar surface area (TPSA) is 12.5 Å². The van der Waals surface area contributed by atoms with E-state index in [4.69, 9.17) is 4.74 Å². The fourth-order valence-electron chi connectivity index (χ4n) is 1.55. The number of rotatable bonds is 4. The third-order valence-corrected chi connectivity index (χ3v) is 2.49. The molecule has 1 aromatic rings. The van der Waals surface area contributed by atoms with Crippen LogP contribution >= 0.6 is 0 Å². The highest BCUT2D eigenvalue weighted by atomic mass is 19.3. The average molecular weight is 210 g/mol. The maximum atomic E-state index is 12.5. The van der Waals surface area contributed by atoms with E-state index in [9.17, 15) is 8.78 Å². The third-order valence-electron chi connectivity index (χ3n) is 2.49. The Bertz CT molecular complexity index is 351. The van der Waals surface area contributed by atoms with E-state index in [1.165, 1.54) is 0 Å². The van der Waals surface area contributed by atoms with E-state index >= 15 is 0 Å². The van der Waals surface area contributed by atoms with Crippen LogP contribution in [0.2, 0.25) is 0 Å². The molecule has 1 saturated heterocycles. The predicted molar refractivity (Wildman–Crippen MR) is 53.7 cm³/mol. The monoisotopic (exact) mass is 210 g/mol. The SMILES string of the molecule is FC(F)=C(CCc1ccccc1)C1CO1. The fourth-order valence-corrected chi connectivity index (χ4v) is 1.55. The second kappa shape index (κ2) is 4.53. The molecule has 1 aromatic carbocycles. The minimum absolute atomic E-state index is 0.166. The molecule has 1 nitrogen and oxygen atoms in total. The Kier molecular flexibility index (Phi) is 3.11. The maximum Gasteiger partial charge on any atom is 0.272 e. The smallest absolute Gasteiger partial charge is 0.272 e. The Hall–Kier alpha value is -1.22. The van der Waals surface area contributed by atoms with Gasteiger partial charge in [0.1, 0.15) is 6.10 Å². The van der Waals surface area contributed by atoms with Crippen molar-refractivity contribution in [2.24, 2.45) is 0 Å². The largest absolute Gasteiger partial charge is 0.368 e. The van der Waals surface area contributed by atoms with Crippen LogP contribution in [0.5, 0.6) is 0 Å². The summed E-state index contributed by atoms with van der Waals surface area (Å²) in [5.74, 6) is 0. The van der Waals surface area contributed by atoms with E-state index in [-0.39, 0.29) is 11.7 Å². The van der Waals surface area contributed by atoms with Crippen LogP contribution < -0.4 is 0 Å². The quantitative estimate of drug-likeness (QED) is 0.695. The van der Waals surface area contributed by atoms with E-state index < -0.39 is 6.08 Å². The van der Waals surface area contributed by atoms with Crippen LogP contribution in [0, 0.1) is 0 Å². The summed E-state index contributed by atoms with van der Waals surface area (Å²) >= 11 is 0. The van der Waals surface area contributed by atoms with Gasteiger partial charge < -0.3 is 4.74 Å². The molecule has 2 rings (SSSR count). The summed E-state index contributed by atoms with van der Waals surface area (Å²) in [6.45, 7) is 0.446. The van der Waals surface area contributed by atoms with E-state index in [2.05, 4.69) is 0 Å². The minimum atomic E-state index is -1.58. The van der Waals surface area contributed by atoms with Gasteiger partial charge in [-0.05, 0) is 18.4 Å². The summed E-state index contributed by atoms with van der Waals surface area (Å²) in [5.41, 5.74) is 1.25. The molecule has 80 valence electrons. The molecule has 1 fully saturated rings. The van der Waals surface area contributed by atoms with Gasteiger partial charge in [0.25, 0.3) is 6.08 Å². The lowest BCUT2D eigenvalue weighted by Gasteiger charge is -2.03. The van der Waals surface area contributed by atoms with Gasteiger partial charge in [-0.15, -0.1) is 0 Å². The van der Waals surface area contributed by atoms with Gasteiger partial charge in [-0.3, -0.25) is 0 Å². The molecule has 3 heteroatoms. The average Bonchev–Trinajstić information content (AvgIpc) is 3.03. The number of hydrogen-bond acceptors (Lipinski definition) is 1. The summed E-state index contributed by atoms with van der Waals surface area (Å²) in [6.07, 6.45) is -0.864. The van der Waals surface area contributed by atoms with Crippen molar-refractivity contribution >= 4 is 0 Å². The van der Waals surface area contributed by atoms with Gasteiger partial charge in [-0.25, -0.2) is 0 Å². The van der Waals surface area contributed by atoms with Crippen LogP contribution in [0.4, 0.5) is 8.78 Å². The van der Waals surface area contributed by atoms with Crippen molar-refractivity contribution in [3.63, 3.8) is 0 Å². The number of aryl methyl sites for hydroxylation is 1. The van der Waals surface area contributed by atoms with E-state index in [0.717, 1.165) is 5.56 Å². The highest BCUT2D eigenvalue weighted by Gasteiger charge is 2.30. The Morgan fingerprint density at radius 2 is 1.93 bits per heavy atom. The molecule has 0 N–H and O–H groups in total. The molecule has 15 heavy (non-hydrogen) atoms. The molecule has 0 radical (unpaired) electrons. The molecular formula is C12H12F2O. The highest BCUT2D eigenvalue weighted by Crippen LogP contribution is 2.28. The molecule has 1 aliphatic rings. The summed E-state index contributed by atoms with van der Waals surface area (Å²) < 4.78 is 29.9. The molecule has 0 saturated carbocycles. The van der Waals surface area contributed by atoms with Gasteiger partial charge >= 0.3 is 0 Å². The van der Waals surface area contributed by atoms with Crippen molar-refractivity contribution in [2.75, 3.05) is 6.61 Å². The van der Waals surface area contributed by atoms with E-state index in [0.29, 0.717) is 19.4 Å². The zero-order chi connectivity index (χ0) is 10.7. The first-order valence-corrected chi connectivity index (χ1v) is 4.97. The maximum absolute atomic E-state index is 12.5. The van der Waals surface area contributed by atoms with Gasteiger partial charge in [0.15, 0.2) is 0 Å². The standard InChI is InChI=1S/C12H12F2O/c13-12(14)10(11-8-15-11)7-6-9-4-2-1-3-5-9/h1-5,11H,6-8H2. The lowest BCUT2D eigenvalue weighted by atomic mass is 10.0. The van der Waals surface area contributed by atoms with Gasteiger partial charge in [0.2, 0.25) is 0 Å². The minimum Gasteiger partial charge on any atom is -0.368 e. The number of benzene rings is 1. The molecule has 1 unspecified atom stereocenters. The summed E-state index contributed by atoms with van der Waals surface area (Å²) in [6, 6.07) is 9.64. The van der Waals surface area contributed by atoms with Crippen molar-refractivity contribution in [2.45, 2.75) is 18.9 Å². The van der Waals surface area contributed by atoms with Gasteiger partial charge in [-0.1, -0.05) is 30.3 Å². The zero-order valence-corrected chi connectivity index (χ0v) is 8.25. The van der Waals surface area contributed by atoms with Gasteiger partial charge in [0.05, 0.1) is 6.61 Å². The molecular weight excluding hydrogens is 198 g/mol. The van der Waals surface area contributed by atoms with Crippen LogP contribution in [0.25, 0.3) is 0 Å². The zero-order valence-electron chi connectivity index (χ0n) is 8.25. The fraction of sp³-hybridized carbons (Fsp3) is 0.333. The van der Waals surface area contributed by atoms with E-state index in [1.54, 1.807) is 0 Å². The third kappa shape index (κ3) is 2.86. The Morgan fingerprint density at radius 1 is 1.27 bits per heavy atom. The molecule has 0 aliphatic carbocycles. The predicted octanol–water partition coefficient (Wildman–Crippen LogP) is 3.17. The van der Waals surface area contributed by atoms with E-state index in [1.807, 2.05) is 30.3 Å². The molecule has 1 atom stereocenters. The molecule has 0 amide bonds. The highest BCUT2D eigenvalue weighted by molar-refractivity contribution is 5.20.